The third-order valence-electron chi connectivity index (χ3n) is 2.42. The summed E-state index contributed by atoms with van der Waals surface area (Å²) in [6, 6.07) is 0. The van der Waals surface area contributed by atoms with Gasteiger partial charge in [0.25, 0.3) is 0 Å². The number of cyclic esters (lactones) is 1. The molecule has 0 bridgehead atoms. The highest BCUT2D eigenvalue weighted by atomic mass is 19.1. The summed E-state index contributed by atoms with van der Waals surface area (Å²) in [7, 11) is 0. The first kappa shape index (κ1) is 21.6. The van der Waals surface area contributed by atoms with Crippen LogP contribution in [0.5, 0.6) is 0 Å². The van der Waals surface area contributed by atoms with Gasteiger partial charge in [0.05, 0.1) is 6.54 Å². The molecular weight excluding hydrogens is 276 g/mol. The molecule has 0 spiro atoms. The Balaban J connectivity index is 0. The number of rotatable bonds is 4. The Morgan fingerprint density at radius 1 is 1.38 bits per heavy atom. The predicted molar refractivity (Wildman–Crippen MR) is 83.4 cm³/mol. The van der Waals surface area contributed by atoms with E-state index in [4.69, 9.17) is 4.74 Å². The summed E-state index contributed by atoms with van der Waals surface area (Å²) in [5.41, 5.74) is -0.124. The van der Waals surface area contributed by atoms with E-state index >= 15 is 0 Å². The first-order chi connectivity index (χ1) is 9.95. The van der Waals surface area contributed by atoms with E-state index < -0.39 is 17.7 Å². The van der Waals surface area contributed by atoms with Gasteiger partial charge in [-0.25, -0.2) is 13.6 Å². The van der Waals surface area contributed by atoms with Gasteiger partial charge in [0.1, 0.15) is 17.8 Å². The van der Waals surface area contributed by atoms with E-state index in [1.807, 2.05) is 27.7 Å². The Hall–Kier alpha value is -1.65. The molecule has 0 saturated carbocycles. The van der Waals surface area contributed by atoms with Gasteiger partial charge < -0.3 is 9.64 Å². The Morgan fingerprint density at radius 3 is 2.29 bits per heavy atom. The number of nitrogens with zero attached hydrogens (tertiary/aromatic N) is 1. The number of halogens is 2. The molecule has 1 saturated heterocycles. The molecule has 0 aromatic rings. The summed E-state index contributed by atoms with van der Waals surface area (Å²) in [5.74, 6) is -1.41. The van der Waals surface area contributed by atoms with E-state index in [2.05, 4.69) is 6.58 Å². The molecule has 3 nitrogen and oxygen atoms in total. The molecule has 5 heteroatoms. The van der Waals surface area contributed by atoms with Crippen molar-refractivity contribution in [3.8, 4) is 0 Å². The van der Waals surface area contributed by atoms with Crippen LogP contribution >= 0.6 is 0 Å². The Labute approximate surface area is 127 Å². The molecule has 1 aliphatic rings. The number of amides is 1. The Bertz CT molecular complexity index is 390. The number of hydrogen-bond acceptors (Lipinski definition) is 2. The second-order valence-corrected chi connectivity index (χ2v) is 3.83. The zero-order valence-electron chi connectivity index (χ0n) is 13.9. The lowest BCUT2D eigenvalue weighted by molar-refractivity contribution is 0.139. The van der Waals surface area contributed by atoms with Crippen LogP contribution in [0.1, 0.15) is 41.5 Å². The van der Waals surface area contributed by atoms with Gasteiger partial charge in [-0.15, -0.1) is 0 Å². The van der Waals surface area contributed by atoms with Crippen LogP contribution in [-0.2, 0) is 4.74 Å². The van der Waals surface area contributed by atoms with Crippen LogP contribution in [0.15, 0.2) is 36.0 Å². The first-order valence-corrected chi connectivity index (χ1v) is 7.26. The second kappa shape index (κ2) is 12.1. The van der Waals surface area contributed by atoms with Crippen LogP contribution in [-0.4, -0.2) is 30.2 Å². The minimum Gasteiger partial charge on any atom is -0.444 e. The highest BCUT2D eigenvalue weighted by Gasteiger charge is 2.27. The molecule has 0 aliphatic carbocycles. The molecule has 1 amide bonds. The zero-order valence-corrected chi connectivity index (χ0v) is 13.9. The van der Waals surface area contributed by atoms with Gasteiger partial charge in [-0.3, -0.25) is 0 Å². The predicted octanol–water partition coefficient (Wildman–Crippen LogP) is 5.16. The highest BCUT2D eigenvalue weighted by Crippen LogP contribution is 2.18. The largest absolute Gasteiger partial charge is 0.444 e. The highest BCUT2D eigenvalue weighted by molar-refractivity contribution is 5.70. The molecule has 1 rings (SSSR count). The lowest BCUT2D eigenvalue weighted by Crippen LogP contribution is -2.24. The molecule has 21 heavy (non-hydrogen) atoms. The summed E-state index contributed by atoms with van der Waals surface area (Å²) in [6.07, 6.45) is 1.42. The van der Waals surface area contributed by atoms with Crippen molar-refractivity contribution < 1.29 is 18.3 Å². The molecule has 1 heterocycles. The number of ether oxygens (including phenoxy) is 1. The van der Waals surface area contributed by atoms with E-state index in [0.717, 1.165) is 12.2 Å². The van der Waals surface area contributed by atoms with E-state index in [9.17, 15) is 13.6 Å². The quantitative estimate of drug-likeness (QED) is 0.671. The monoisotopic (exact) mass is 303 g/mol. The minimum atomic E-state index is -0.712. The number of carbonyl (C=O) groups is 1. The van der Waals surface area contributed by atoms with Crippen molar-refractivity contribution in [3.63, 3.8) is 0 Å². The lowest BCUT2D eigenvalue weighted by Gasteiger charge is -2.09. The van der Waals surface area contributed by atoms with Gasteiger partial charge >= 0.3 is 6.09 Å². The van der Waals surface area contributed by atoms with Gasteiger partial charge in [0.2, 0.25) is 0 Å². The third kappa shape index (κ3) is 7.63. The zero-order chi connectivity index (χ0) is 17.0. The molecule has 0 radical (unpaired) electrons. The van der Waals surface area contributed by atoms with E-state index in [-0.39, 0.29) is 18.2 Å². The summed E-state index contributed by atoms with van der Waals surface area (Å²) in [6.45, 7) is 14.8. The topological polar surface area (TPSA) is 29.5 Å². The third-order valence-corrected chi connectivity index (χ3v) is 2.42. The molecule has 1 aliphatic heterocycles. The maximum Gasteiger partial charge on any atom is 0.410 e. The van der Waals surface area contributed by atoms with Crippen molar-refractivity contribution >= 4 is 6.09 Å². The first-order valence-electron chi connectivity index (χ1n) is 7.26. The van der Waals surface area contributed by atoms with Crippen LogP contribution in [0.3, 0.4) is 0 Å². The van der Waals surface area contributed by atoms with Crippen LogP contribution < -0.4 is 0 Å². The normalized spacial score (nSPS) is 18.7. The molecule has 1 fully saturated rings. The molecule has 122 valence electrons. The second-order valence-electron chi connectivity index (χ2n) is 3.83. The van der Waals surface area contributed by atoms with E-state index in [1.54, 1.807) is 6.92 Å². The van der Waals surface area contributed by atoms with Gasteiger partial charge in [-0.2, -0.15) is 0 Å². The van der Waals surface area contributed by atoms with E-state index in [1.165, 1.54) is 11.8 Å². The average molecular weight is 303 g/mol. The van der Waals surface area contributed by atoms with Crippen molar-refractivity contribution in [1.29, 1.82) is 0 Å². The average Bonchev–Trinajstić information content (AvgIpc) is 2.85. The Kier molecular flexibility index (Phi) is 12.5. The summed E-state index contributed by atoms with van der Waals surface area (Å²) in [5, 5.41) is 0. The molecule has 0 N–H and O–H groups in total. The van der Waals surface area contributed by atoms with Crippen molar-refractivity contribution in [2.75, 3.05) is 13.1 Å². The van der Waals surface area contributed by atoms with Crippen molar-refractivity contribution in [3.05, 3.63) is 36.0 Å². The minimum absolute atomic E-state index is 0.0662. The van der Waals surface area contributed by atoms with Crippen LogP contribution in [0, 0.1) is 0 Å². The van der Waals surface area contributed by atoms with Crippen LogP contribution in [0.25, 0.3) is 0 Å². The summed E-state index contributed by atoms with van der Waals surface area (Å²) >= 11 is 0. The molecule has 0 aromatic carbocycles. The van der Waals surface area contributed by atoms with Gasteiger partial charge in [-0.1, -0.05) is 34.3 Å². The van der Waals surface area contributed by atoms with Crippen molar-refractivity contribution in [1.82, 2.24) is 4.90 Å². The molecule has 0 aromatic heterocycles. The Morgan fingerprint density at radius 2 is 1.90 bits per heavy atom. The summed E-state index contributed by atoms with van der Waals surface area (Å²) in [4.78, 5) is 12.6. The number of allylic oxidation sites excluding steroid dienone is 4. The van der Waals surface area contributed by atoms with Crippen LogP contribution in [0.4, 0.5) is 13.6 Å². The fourth-order valence-electron chi connectivity index (χ4n) is 1.43. The molecule has 1 atom stereocenters. The molecular formula is C16H27F2NO2. The van der Waals surface area contributed by atoms with Crippen LogP contribution in [0.2, 0.25) is 0 Å². The van der Waals surface area contributed by atoms with E-state index in [0.29, 0.717) is 6.54 Å². The lowest BCUT2D eigenvalue weighted by atomic mass is 10.2. The maximum absolute atomic E-state index is 13.4. The van der Waals surface area contributed by atoms with Crippen molar-refractivity contribution in [2.24, 2.45) is 0 Å². The fraction of sp³-hybridized carbons (Fsp3) is 0.562. The van der Waals surface area contributed by atoms with Crippen molar-refractivity contribution in [2.45, 2.75) is 47.6 Å². The fourth-order valence-corrected chi connectivity index (χ4v) is 1.43. The number of carbonyl (C=O) groups excluding carboxylic acids is 1. The van der Waals surface area contributed by atoms with Gasteiger partial charge in [0.15, 0.2) is 0 Å². The standard InChI is InChI=1S/C12H15F2NO2.2C2H6/c1-4-10(13)9(3)11(14)5-6-15-7-8(2)17-12(15)16;2*1-2/h4-5,8H,1,6-7H2,2-3H3;2*1-2H3/b10-9+,11-5+;;. The SMILES string of the molecule is C=C/C(F)=C(C)\C(F)=C/CN1CC(C)OC1=O.CC.CC. The smallest absolute Gasteiger partial charge is 0.410 e. The number of hydrogen-bond donors (Lipinski definition) is 0. The maximum atomic E-state index is 13.4. The van der Waals surface area contributed by atoms with Gasteiger partial charge in [-0.05, 0) is 26.0 Å². The molecule has 1 unspecified atom stereocenters. The summed E-state index contributed by atoms with van der Waals surface area (Å²) < 4.78 is 31.3. The van der Waals surface area contributed by atoms with Gasteiger partial charge in [0, 0.05) is 12.1 Å².